The molecule has 0 aromatic heterocycles. The Morgan fingerprint density at radius 3 is 2.39 bits per heavy atom. The van der Waals surface area contributed by atoms with Crippen LogP contribution in [-0.4, -0.2) is 23.2 Å². The van der Waals surface area contributed by atoms with E-state index in [4.69, 9.17) is 0 Å². The highest BCUT2D eigenvalue weighted by molar-refractivity contribution is 9.10. The third-order valence-electron chi connectivity index (χ3n) is 4.03. The number of benzene rings is 1. The Balaban J connectivity index is 1.70. The van der Waals surface area contributed by atoms with Crippen LogP contribution in [0.4, 0.5) is 0 Å². The lowest BCUT2D eigenvalue weighted by Crippen LogP contribution is -2.49. The van der Waals surface area contributed by atoms with Crippen molar-refractivity contribution in [2.45, 2.75) is 43.2 Å². The highest BCUT2D eigenvalue weighted by atomic mass is 79.9. The minimum Gasteiger partial charge on any atom is -0.393 e. The second kappa shape index (κ2) is 4.35. The summed E-state index contributed by atoms with van der Waals surface area (Å²) in [6.07, 6.45) is 3.02. The van der Waals surface area contributed by atoms with Gasteiger partial charge in [-0.1, -0.05) is 28.1 Å². The summed E-state index contributed by atoms with van der Waals surface area (Å²) in [5, 5.41) is 12.3. The standard InChI is InChI=1S/C14H16BrNO2/c15-10-3-1-9(2-4-10)14(5-6-14)13(18)16-11-7-12(17)8-11/h1-4,11-12,17H,5-8H2,(H,16,18). The van der Waals surface area contributed by atoms with E-state index in [0.29, 0.717) is 12.8 Å². The molecule has 2 fully saturated rings. The molecule has 0 radical (unpaired) electrons. The minimum atomic E-state index is -0.304. The molecule has 1 amide bonds. The summed E-state index contributed by atoms with van der Waals surface area (Å²) >= 11 is 3.41. The zero-order chi connectivity index (χ0) is 12.8. The summed E-state index contributed by atoms with van der Waals surface area (Å²) in [4.78, 5) is 12.3. The van der Waals surface area contributed by atoms with E-state index in [1.807, 2.05) is 24.3 Å². The quantitative estimate of drug-likeness (QED) is 0.898. The van der Waals surface area contributed by atoms with Gasteiger partial charge in [-0.2, -0.15) is 0 Å². The Bertz CT molecular complexity index is 461. The van der Waals surface area contributed by atoms with Crippen molar-refractivity contribution in [3.05, 3.63) is 34.3 Å². The third kappa shape index (κ3) is 2.08. The monoisotopic (exact) mass is 309 g/mol. The number of rotatable bonds is 3. The van der Waals surface area contributed by atoms with E-state index in [0.717, 1.165) is 22.9 Å². The van der Waals surface area contributed by atoms with Gasteiger partial charge in [0, 0.05) is 10.5 Å². The lowest BCUT2D eigenvalue weighted by molar-refractivity contribution is -0.125. The number of aliphatic hydroxyl groups is 1. The van der Waals surface area contributed by atoms with Gasteiger partial charge < -0.3 is 10.4 Å². The van der Waals surface area contributed by atoms with Gasteiger partial charge in [-0.05, 0) is 43.4 Å². The molecule has 2 aliphatic rings. The predicted molar refractivity (Wildman–Crippen MR) is 72.2 cm³/mol. The average molecular weight is 310 g/mol. The topological polar surface area (TPSA) is 49.3 Å². The number of aliphatic hydroxyl groups excluding tert-OH is 1. The summed E-state index contributed by atoms with van der Waals surface area (Å²) in [5.41, 5.74) is 0.796. The second-order valence-corrected chi connectivity index (χ2v) is 6.30. The third-order valence-corrected chi connectivity index (χ3v) is 4.56. The largest absolute Gasteiger partial charge is 0.393 e. The van der Waals surface area contributed by atoms with E-state index in [1.165, 1.54) is 0 Å². The van der Waals surface area contributed by atoms with Crippen LogP contribution >= 0.6 is 15.9 Å². The van der Waals surface area contributed by atoms with E-state index in [2.05, 4.69) is 21.2 Å². The highest BCUT2D eigenvalue weighted by Crippen LogP contribution is 2.48. The maximum absolute atomic E-state index is 12.3. The molecule has 3 rings (SSSR count). The number of halogens is 1. The van der Waals surface area contributed by atoms with Crippen LogP contribution in [0.3, 0.4) is 0 Å². The molecular formula is C14H16BrNO2. The zero-order valence-corrected chi connectivity index (χ0v) is 11.6. The van der Waals surface area contributed by atoms with Crippen LogP contribution in [0, 0.1) is 0 Å². The van der Waals surface area contributed by atoms with Crippen molar-refractivity contribution in [2.75, 3.05) is 0 Å². The summed E-state index contributed by atoms with van der Waals surface area (Å²) in [5.74, 6) is 0.127. The first-order valence-corrected chi connectivity index (χ1v) is 7.14. The average Bonchev–Trinajstić information content (AvgIpc) is 3.09. The fraction of sp³-hybridized carbons (Fsp3) is 0.500. The maximum atomic E-state index is 12.3. The van der Waals surface area contributed by atoms with Gasteiger partial charge in [0.1, 0.15) is 0 Å². The molecule has 2 aliphatic carbocycles. The Morgan fingerprint density at radius 2 is 1.89 bits per heavy atom. The smallest absolute Gasteiger partial charge is 0.230 e. The van der Waals surface area contributed by atoms with E-state index < -0.39 is 0 Å². The molecule has 0 saturated heterocycles. The molecule has 1 aromatic carbocycles. The van der Waals surface area contributed by atoms with E-state index in [1.54, 1.807) is 0 Å². The molecule has 0 heterocycles. The van der Waals surface area contributed by atoms with Crippen LogP contribution in [0.1, 0.15) is 31.2 Å². The van der Waals surface area contributed by atoms with Crippen molar-refractivity contribution in [3.63, 3.8) is 0 Å². The van der Waals surface area contributed by atoms with Gasteiger partial charge in [-0.3, -0.25) is 4.79 Å². The van der Waals surface area contributed by atoms with E-state index in [-0.39, 0.29) is 23.5 Å². The molecule has 0 bridgehead atoms. The molecule has 4 heteroatoms. The molecule has 0 unspecified atom stereocenters. The van der Waals surface area contributed by atoms with Crippen LogP contribution in [0.5, 0.6) is 0 Å². The van der Waals surface area contributed by atoms with Crippen molar-refractivity contribution in [1.29, 1.82) is 0 Å². The van der Waals surface area contributed by atoms with Crippen LogP contribution in [-0.2, 0) is 10.2 Å². The molecule has 2 N–H and O–H groups in total. The van der Waals surface area contributed by atoms with Gasteiger partial charge >= 0.3 is 0 Å². The number of hydrogen-bond donors (Lipinski definition) is 2. The number of nitrogens with one attached hydrogen (secondary N) is 1. The van der Waals surface area contributed by atoms with Crippen molar-refractivity contribution in [1.82, 2.24) is 5.32 Å². The molecule has 0 atom stereocenters. The summed E-state index contributed by atoms with van der Waals surface area (Å²) in [7, 11) is 0. The lowest BCUT2D eigenvalue weighted by Gasteiger charge is -2.33. The number of amides is 1. The minimum absolute atomic E-state index is 0.127. The normalized spacial score (nSPS) is 28.3. The summed E-state index contributed by atoms with van der Waals surface area (Å²) in [6, 6.07) is 8.17. The second-order valence-electron chi connectivity index (χ2n) is 5.38. The molecule has 96 valence electrons. The number of carbonyl (C=O) groups excluding carboxylic acids is 1. The Kier molecular flexibility index (Phi) is 2.94. The predicted octanol–water partition coefficient (Wildman–Crippen LogP) is 2.12. The maximum Gasteiger partial charge on any atom is 0.230 e. The molecule has 0 aliphatic heterocycles. The fourth-order valence-electron chi connectivity index (χ4n) is 2.57. The van der Waals surface area contributed by atoms with Crippen LogP contribution in [0.25, 0.3) is 0 Å². The molecule has 0 spiro atoms. The Labute approximate surface area is 115 Å². The zero-order valence-electron chi connectivity index (χ0n) is 10.0. The van der Waals surface area contributed by atoms with Gasteiger partial charge in [-0.25, -0.2) is 0 Å². The molecular weight excluding hydrogens is 294 g/mol. The van der Waals surface area contributed by atoms with Crippen LogP contribution in [0.2, 0.25) is 0 Å². The first kappa shape index (κ1) is 12.2. The lowest BCUT2D eigenvalue weighted by atomic mass is 9.87. The molecule has 2 saturated carbocycles. The molecule has 3 nitrogen and oxygen atoms in total. The molecule has 18 heavy (non-hydrogen) atoms. The number of hydrogen-bond acceptors (Lipinski definition) is 2. The summed E-state index contributed by atoms with van der Waals surface area (Å²) in [6.45, 7) is 0. The van der Waals surface area contributed by atoms with Gasteiger partial charge in [0.05, 0.1) is 11.5 Å². The summed E-state index contributed by atoms with van der Waals surface area (Å²) < 4.78 is 1.03. The van der Waals surface area contributed by atoms with E-state index >= 15 is 0 Å². The van der Waals surface area contributed by atoms with Gasteiger partial charge in [0.2, 0.25) is 5.91 Å². The van der Waals surface area contributed by atoms with Gasteiger partial charge in [0.15, 0.2) is 0 Å². The fourth-order valence-corrected chi connectivity index (χ4v) is 2.83. The van der Waals surface area contributed by atoms with Crippen LogP contribution in [0.15, 0.2) is 28.7 Å². The van der Waals surface area contributed by atoms with Crippen molar-refractivity contribution in [2.24, 2.45) is 0 Å². The van der Waals surface area contributed by atoms with Crippen molar-refractivity contribution in [3.8, 4) is 0 Å². The van der Waals surface area contributed by atoms with Crippen LogP contribution < -0.4 is 5.32 Å². The Morgan fingerprint density at radius 1 is 1.28 bits per heavy atom. The first-order valence-electron chi connectivity index (χ1n) is 6.35. The highest BCUT2D eigenvalue weighted by Gasteiger charge is 2.52. The first-order chi connectivity index (χ1) is 8.60. The SMILES string of the molecule is O=C(NC1CC(O)C1)C1(c2ccc(Br)cc2)CC1. The molecule has 1 aromatic rings. The van der Waals surface area contributed by atoms with Gasteiger partial charge in [-0.15, -0.1) is 0 Å². The van der Waals surface area contributed by atoms with Crippen molar-refractivity contribution >= 4 is 21.8 Å². The Hall–Kier alpha value is -0.870. The van der Waals surface area contributed by atoms with E-state index in [9.17, 15) is 9.90 Å². The van der Waals surface area contributed by atoms with Gasteiger partial charge in [0.25, 0.3) is 0 Å². The number of carbonyl (C=O) groups is 1. The van der Waals surface area contributed by atoms with Crippen molar-refractivity contribution < 1.29 is 9.90 Å².